The van der Waals surface area contributed by atoms with Crippen molar-refractivity contribution in [2.45, 2.75) is 69.6 Å². The predicted molar refractivity (Wildman–Crippen MR) is 221 cm³/mol. The number of amides is 5. The Kier molecular flexibility index (Phi) is 11.0. The van der Waals surface area contributed by atoms with Gasteiger partial charge in [0.05, 0.1) is 45.2 Å². The van der Waals surface area contributed by atoms with Crippen LogP contribution >= 0.6 is 11.6 Å². The van der Waals surface area contributed by atoms with E-state index < -0.39 is 47.3 Å². The zero-order valence-electron chi connectivity index (χ0n) is 33.3. The number of nitrogens with one attached hydrogen (secondary N) is 3. The standard InChI is InChI=1S/C43H40ClF2N11O5/c44-31-17-26(4-1-23(31)20-47)56-12-11-27-33(21-56)48-22-49-39(27)52-36-9-7-28(38(46)51-36)40(59)50-24-2-5-25(6-3-24)54-13-15-55(16-14-54)35-19-30-29(18-32(35)45)42(61)57(43(30)62)34-8-10-37(58)53-41(34)60/h1,4,7,9,17-19,22,24-25,34H,2-3,5-6,8,10-16,21H2,(H,50,59)(H,53,58,60)(H,48,49,51,52)/t24?,25?,34-/m0/s1. The number of pyridine rings is 1. The number of piperazine rings is 1. The second-order valence-electron chi connectivity index (χ2n) is 16.1. The summed E-state index contributed by atoms with van der Waals surface area (Å²) in [6, 6.07) is 11.7. The fraction of sp³-hybridized carbons (Fsp3) is 0.372. The van der Waals surface area contributed by atoms with Crippen LogP contribution in [0.2, 0.25) is 5.02 Å². The topological polar surface area (TPSA) is 197 Å². The van der Waals surface area contributed by atoms with Crippen molar-refractivity contribution in [1.29, 1.82) is 5.26 Å². The monoisotopic (exact) mass is 863 g/mol. The highest BCUT2D eigenvalue weighted by atomic mass is 35.5. The van der Waals surface area contributed by atoms with Crippen molar-refractivity contribution in [3.63, 3.8) is 0 Å². The van der Waals surface area contributed by atoms with E-state index in [0.29, 0.717) is 74.9 Å². The van der Waals surface area contributed by atoms with Gasteiger partial charge in [0.1, 0.15) is 35.9 Å². The Morgan fingerprint density at radius 3 is 2.34 bits per heavy atom. The fourth-order valence-electron chi connectivity index (χ4n) is 9.17. The number of fused-ring (bicyclic) bond motifs is 2. The molecule has 3 fully saturated rings. The van der Waals surface area contributed by atoms with E-state index in [-0.39, 0.29) is 53.1 Å². The molecule has 0 radical (unpaired) electrons. The number of anilines is 4. The van der Waals surface area contributed by atoms with Crippen LogP contribution in [-0.4, -0.2) is 105 Å². The zero-order chi connectivity index (χ0) is 43.2. The third kappa shape index (κ3) is 7.77. The van der Waals surface area contributed by atoms with Crippen LogP contribution in [0, 0.1) is 23.1 Å². The Hall–Kier alpha value is -6.58. The minimum atomic E-state index is -1.13. The molecular formula is C43H40ClF2N11O5. The van der Waals surface area contributed by atoms with Crippen molar-refractivity contribution in [3.05, 3.63) is 99.1 Å². The number of benzene rings is 2. The maximum Gasteiger partial charge on any atom is 0.262 e. The summed E-state index contributed by atoms with van der Waals surface area (Å²) < 4.78 is 30.8. The quantitative estimate of drug-likeness (QED) is 0.168. The predicted octanol–water partition coefficient (Wildman–Crippen LogP) is 4.25. The van der Waals surface area contributed by atoms with Crippen LogP contribution < -0.4 is 25.8 Å². The third-order valence-corrected chi connectivity index (χ3v) is 12.8. The van der Waals surface area contributed by atoms with E-state index in [1.54, 1.807) is 18.2 Å². The molecule has 318 valence electrons. The van der Waals surface area contributed by atoms with Crippen LogP contribution in [0.15, 0.2) is 48.8 Å². The zero-order valence-corrected chi connectivity index (χ0v) is 34.1. The smallest absolute Gasteiger partial charge is 0.262 e. The summed E-state index contributed by atoms with van der Waals surface area (Å²) in [5, 5.41) is 17.8. The van der Waals surface area contributed by atoms with E-state index >= 15 is 8.78 Å². The largest absolute Gasteiger partial charge is 0.367 e. The van der Waals surface area contributed by atoms with Crippen LogP contribution in [0.3, 0.4) is 0 Å². The van der Waals surface area contributed by atoms with E-state index in [1.165, 1.54) is 18.5 Å². The van der Waals surface area contributed by atoms with E-state index in [4.69, 9.17) is 11.6 Å². The number of nitrogens with zero attached hydrogens (tertiary/aromatic N) is 8. The van der Waals surface area contributed by atoms with Crippen LogP contribution in [0.1, 0.15) is 86.4 Å². The van der Waals surface area contributed by atoms with Gasteiger partial charge in [0, 0.05) is 62.5 Å². The van der Waals surface area contributed by atoms with E-state index in [2.05, 4.69) is 46.8 Å². The van der Waals surface area contributed by atoms with Crippen molar-refractivity contribution < 1.29 is 32.8 Å². The Morgan fingerprint density at radius 2 is 1.63 bits per heavy atom. The lowest BCUT2D eigenvalue weighted by molar-refractivity contribution is -0.136. The van der Waals surface area contributed by atoms with Crippen molar-refractivity contribution in [2.75, 3.05) is 47.8 Å². The van der Waals surface area contributed by atoms with Crippen molar-refractivity contribution in [1.82, 2.24) is 35.4 Å². The van der Waals surface area contributed by atoms with Gasteiger partial charge in [-0.2, -0.15) is 9.65 Å². The van der Waals surface area contributed by atoms with Gasteiger partial charge in [-0.15, -0.1) is 0 Å². The molecule has 1 aliphatic carbocycles. The third-order valence-electron chi connectivity index (χ3n) is 12.5. The van der Waals surface area contributed by atoms with Crippen LogP contribution in [-0.2, 0) is 22.6 Å². The lowest BCUT2D eigenvalue weighted by Gasteiger charge is -2.42. The number of halogens is 3. The van der Waals surface area contributed by atoms with E-state index in [9.17, 15) is 29.2 Å². The minimum Gasteiger partial charge on any atom is -0.367 e. The van der Waals surface area contributed by atoms with Crippen molar-refractivity contribution in [2.24, 2.45) is 0 Å². The molecule has 0 bridgehead atoms. The second kappa shape index (κ2) is 16.7. The van der Waals surface area contributed by atoms with Gasteiger partial charge in [-0.25, -0.2) is 19.3 Å². The fourth-order valence-corrected chi connectivity index (χ4v) is 9.38. The second-order valence-corrected chi connectivity index (χ2v) is 16.5. The van der Waals surface area contributed by atoms with Crippen LogP contribution in [0.25, 0.3) is 0 Å². The highest BCUT2D eigenvalue weighted by Crippen LogP contribution is 2.35. The van der Waals surface area contributed by atoms with Gasteiger partial charge in [0.2, 0.25) is 17.8 Å². The number of aromatic nitrogens is 3. The summed E-state index contributed by atoms with van der Waals surface area (Å²) in [5.41, 5.74) is 2.90. The molecule has 5 aliphatic rings. The average Bonchev–Trinajstić information content (AvgIpc) is 3.50. The molecular weight excluding hydrogens is 824 g/mol. The molecule has 5 amide bonds. The highest BCUT2D eigenvalue weighted by molar-refractivity contribution is 6.32. The highest BCUT2D eigenvalue weighted by Gasteiger charge is 2.45. The van der Waals surface area contributed by atoms with Gasteiger partial charge in [0.15, 0.2) is 0 Å². The lowest BCUT2D eigenvalue weighted by atomic mass is 9.89. The number of hydrogen-bond acceptors (Lipinski definition) is 13. The number of hydrogen-bond donors (Lipinski definition) is 3. The molecule has 2 aromatic heterocycles. The molecule has 62 heavy (non-hydrogen) atoms. The average molecular weight is 864 g/mol. The first kappa shape index (κ1) is 40.8. The Labute approximate surface area is 359 Å². The molecule has 16 nitrogen and oxygen atoms in total. The summed E-state index contributed by atoms with van der Waals surface area (Å²) in [5.74, 6) is -4.03. The number of imide groups is 2. The first-order valence-corrected chi connectivity index (χ1v) is 20.9. The van der Waals surface area contributed by atoms with Gasteiger partial charge in [-0.05, 0) is 81.0 Å². The van der Waals surface area contributed by atoms with Gasteiger partial charge in [0.25, 0.3) is 17.7 Å². The first-order valence-electron chi connectivity index (χ1n) is 20.5. The summed E-state index contributed by atoms with van der Waals surface area (Å²) in [4.78, 5) is 83.7. The molecule has 0 unspecified atom stereocenters. The molecule has 6 heterocycles. The number of rotatable bonds is 8. The van der Waals surface area contributed by atoms with Gasteiger partial charge in [-0.1, -0.05) is 11.6 Å². The van der Waals surface area contributed by atoms with Gasteiger partial charge >= 0.3 is 0 Å². The molecule has 19 heteroatoms. The number of piperidine rings is 1. The molecule has 2 saturated heterocycles. The molecule has 1 saturated carbocycles. The number of nitriles is 1. The molecule has 2 aromatic carbocycles. The molecule has 9 rings (SSSR count). The van der Waals surface area contributed by atoms with Gasteiger partial charge < -0.3 is 20.4 Å². The van der Waals surface area contributed by atoms with E-state index in [0.717, 1.165) is 40.8 Å². The molecule has 3 N–H and O–H groups in total. The molecule has 4 aliphatic heterocycles. The van der Waals surface area contributed by atoms with Crippen molar-refractivity contribution in [3.8, 4) is 6.07 Å². The maximum atomic E-state index is 15.5. The normalized spacial score (nSPS) is 21.6. The van der Waals surface area contributed by atoms with E-state index in [1.807, 2.05) is 11.0 Å². The minimum absolute atomic E-state index is 0.00807. The number of carbonyl (C=O) groups is 5. The first-order chi connectivity index (χ1) is 29.9. The van der Waals surface area contributed by atoms with Gasteiger partial charge in [-0.3, -0.25) is 39.1 Å². The molecule has 0 spiro atoms. The summed E-state index contributed by atoms with van der Waals surface area (Å²) in [7, 11) is 0. The SMILES string of the molecule is N#Cc1ccc(N2CCc3c(ncnc3Nc3ccc(C(=O)NC4CCC(N5CCN(c6cc7c(cc6F)C(=O)N([C@H]6CCC(=O)NC6=O)C7=O)CC5)CC4)c(F)n3)C2)cc1Cl. The summed E-state index contributed by atoms with van der Waals surface area (Å²) in [6.07, 6.45) is 5.02. The Bertz CT molecular complexity index is 2570. The lowest BCUT2D eigenvalue weighted by Crippen LogP contribution is -2.54. The Balaban J connectivity index is 0.757. The van der Waals surface area contributed by atoms with Crippen LogP contribution in [0.5, 0.6) is 0 Å². The summed E-state index contributed by atoms with van der Waals surface area (Å²) >= 11 is 6.26. The van der Waals surface area contributed by atoms with Crippen LogP contribution in [0.4, 0.5) is 31.8 Å². The summed E-state index contributed by atoms with van der Waals surface area (Å²) in [6.45, 7) is 3.35. The Morgan fingerprint density at radius 1 is 0.871 bits per heavy atom. The molecule has 4 aromatic rings. The van der Waals surface area contributed by atoms with Crippen molar-refractivity contribution >= 4 is 64.1 Å². The molecule has 1 atom stereocenters. The maximum absolute atomic E-state index is 15.5. The number of carbonyl (C=O) groups excluding carboxylic acids is 5.